The van der Waals surface area contributed by atoms with Crippen LogP contribution in [0.2, 0.25) is 0 Å². The molecule has 4 heterocycles. The quantitative estimate of drug-likeness (QED) is 0.0194. The molecule has 0 radical (unpaired) electrons. The first-order valence-corrected chi connectivity index (χ1v) is 32.4. The van der Waals surface area contributed by atoms with Gasteiger partial charge in [0.2, 0.25) is 11.8 Å². The number of aliphatic hydroxyl groups excluding tert-OH is 1. The molecule has 492 valence electrons. The largest absolute Gasteiger partial charge is 0.470 e. The molecular formula is C49H89N7O26P2S. The fraction of sp³-hybridized carbons (Fsp3) is 0.857. The molecule has 3 aliphatic rings. The Bertz CT molecular complexity index is 2160. The van der Waals surface area contributed by atoms with Crippen molar-refractivity contribution in [2.45, 2.75) is 86.8 Å². The number of aryl methyl sites for hydroxylation is 1. The van der Waals surface area contributed by atoms with Crippen LogP contribution in [0, 0.1) is 0 Å². The van der Waals surface area contributed by atoms with Crippen LogP contribution in [0.5, 0.6) is 0 Å². The molecule has 33 nitrogen and oxygen atoms in total. The number of carbonyl (C=O) groups is 3. The van der Waals surface area contributed by atoms with Crippen LogP contribution >= 0.6 is 27.4 Å². The number of unbranched alkanes of at least 4 members (excludes halogenated alkanes) is 1. The van der Waals surface area contributed by atoms with Crippen molar-refractivity contribution in [2.75, 3.05) is 190 Å². The molecule has 0 saturated carbocycles. The van der Waals surface area contributed by atoms with Gasteiger partial charge in [0.1, 0.15) is 24.1 Å². The molecule has 85 heavy (non-hydrogen) atoms. The minimum absolute atomic E-state index is 0.0246. The number of amides is 4. The number of rotatable bonds is 54. The Morgan fingerprint density at radius 3 is 1.58 bits per heavy atom. The number of fused-ring (bicyclic) bond motifs is 1. The molecular weight excluding hydrogens is 1200 g/mol. The van der Waals surface area contributed by atoms with E-state index in [-0.39, 0.29) is 68.3 Å². The van der Waals surface area contributed by atoms with E-state index in [0.717, 1.165) is 29.6 Å². The molecule has 4 amide bonds. The predicted molar refractivity (Wildman–Crippen MR) is 300 cm³/mol. The Kier molecular flexibility index (Phi) is 38.8. The van der Waals surface area contributed by atoms with E-state index in [1.807, 2.05) is 11.8 Å². The summed E-state index contributed by atoms with van der Waals surface area (Å²) in [6.07, 6.45) is -1.95. The zero-order valence-electron chi connectivity index (χ0n) is 48.0. The molecule has 0 bridgehead atoms. The lowest BCUT2D eigenvalue weighted by atomic mass is 10.0. The zero-order valence-corrected chi connectivity index (χ0v) is 50.6. The summed E-state index contributed by atoms with van der Waals surface area (Å²) < 4.78 is 104. The van der Waals surface area contributed by atoms with Crippen molar-refractivity contribution in [2.24, 2.45) is 0 Å². The number of phosphoric ester groups is 2. The smallest absolute Gasteiger partial charge is 0.386 e. The Balaban J connectivity index is 0.794. The van der Waals surface area contributed by atoms with E-state index < -0.39 is 52.5 Å². The molecule has 0 aromatic carbocycles. The van der Waals surface area contributed by atoms with Crippen molar-refractivity contribution in [3.63, 3.8) is 0 Å². The van der Waals surface area contributed by atoms with Gasteiger partial charge in [-0.1, -0.05) is 6.42 Å². The van der Waals surface area contributed by atoms with E-state index in [0.29, 0.717) is 176 Å². The second kappa shape index (κ2) is 44.4. The fourth-order valence-corrected chi connectivity index (χ4v) is 10.8. The first kappa shape index (κ1) is 74.4. The molecule has 3 aliphatic heterocycles. The summed E-state index contributed by atoms with van der Waals surface area (Å²) in [4.78, 5) is 88.9. The van der Waals surface area contributed by atoms with Crippen LogP contribution in [-0.4, -0.2) is 272 Å². The molecule has 0 aliphatic carbocycles. The highest BCUT2D eigenvalue weighted by molar-refractivity contribution is 8.00. The lowest BCUT2D eigenvalue weighted by molar-refractivity contribution is -0.122. The average molecular weight is 1290 g/mol. The maximum atomic E-state index is 12.7. The third-order valence-electron chi connectivity index (χ3n) is 12.5. The zero-order chi connectivity index (χ0) is 61.4. The van der Waals surface area contributed by atoms with Gasteiger partial charge in [-0.05, 0) is 25.7 Å². The van der Waals surface area contributed by atoms with Gasteiger partial charge < -0.3 is 113 Å². The maximum absolute atomic E-state index is 12.7. The van der Waals surface area contributed by atoms with Crippen molar-refractivity contribution in [3.8, 4) is 0 Å². The van der Waals surface area contributed by atoms with E-state index >= 15 is 0 Å². The molecule has 1 unspecified atom stereocenters. The van der Waals surface area contributed by atoms with E-state index in [4.69, 9.17) is 77.1 Å². The molecule has 36 heteroatoms. The number of thioether (sulfide) groups is 1. The molecule has 3 fully saturated rings. The second-order valence-electron chi connectivity index (χ2n) is 19.0. The van der Waals surface area contributed by atoms with E-state index in [1.165, 1.54) is 6.20 Å². The van der Waals surface area contributed by atoms with Crippen molar-refractivity contribution in [1.82, 2.24) is 30.8 Å². The molecule has 1 aromatic heterocycles. The van der Waals surface area contributed by atoms with Crippen LogP contribution in [0.4, 0.5) is 10.6 Å². The number of hydrogen-bond donors (Lipinski definition) is 10. The molecule has 3 saturated heterocycles. The Hall–Kier alpha value is -3.10. The number of aliphatic hydroxyl groups is 1. The Morgan fingerprint density at radius 1 is 0.635 bits per heavy atom. The molecule has 4 rings (SSSR count). The van der Waals surface area contributed by atoms with E-state index in [1.54, 1.807) is 0 Å². The van der Waals surface area contributed by atoms with E-state index in [9.17, 15) is 43.2 Å². The average Bonchev–Trinajstić information content (AvgIpc) is 4.36. The molecule has 1 aromatic rings. The number of nitrogens with two attached hydrogens (primary N) is 1. The molecule has 0 spiro atoms. The van der Waals surface area contributed by atoms with Gasteiger partial charge in [0.25, 0.3) is 0 Å². The van der Waals surface area contributed by atoms with Crippen LogP contribution in [0.3, 0.4) is 0 Å². The van der Waals surface area contributed by atoms with Gasteiger partial charge in [0, 0.05) is 48.7 Å². The van der Waals surface area contributed by atoms with Gasteiger partial charge in [-0.25, -0.2) is 18.7 Å². The standard InChI is InChI=1S/C49H89N7O26P2S/c50-46-37(34-56(49(61)55-46)47-44(59)45(82-84(65,66)67)39(81-47)35-80-83(62,63)64)4-3-8-51-42(58)7-10-68-12-14-70-16-18-72-20-22-74-24-26-76-28-30-78-32-33-79-31-29-77-27-25-75-23-21-73-19-17-71-15-13-69-11-9-52-41(57)6-2-1-5-40-43-38(36-85-40)53-48(60)54-43/h34,38-40,43-45,47,59H,1-33,35-36H2,(H,51,58)(H,52,57)(H2,50,55,61)(H2,53,54,60)(H2,62,63,64)(H2,65,66,67)/t38-,39+,40-,43-,44-,45?,47+/m0/s1. The lowest BCUT2D eigenvalue weighted by Crippen LogP contribution is -2.38. The summed E-state index contributed by atoms with van der Waals surface area (Å²) in [6, 6.07) is 0.357. The summed E-state index contributed by atoms with van der Waals surface area (Å²) in [5.41, 5.74) is 5.22. The van der Waals surface area contributed by atoms with Crippen molar-refractivity contribution >= 4 is 51.1 Å². The van der Waals surface area contributed by atoms with Crippen LogP contribution in [-0.2, 0) is 95.8 Å². The topological polar surface area (TPSA) is 434 Å². The normalized spacial score (nSPS) is 20.4. The molecule has 11 N–H and O–H groups in total. The van der Waals surface area contributed by atoms with Crippen molar-refractivity contribution in [3.05, 3.63) is 22.2 Å². The summed E-state index contributed by atoms with van der Waals surface area (Å²) in [6.45, 7) is 9.42. The number of nitrogen functional groups attached to an aromatic ring is 1. The van der Waals surface area contributed by atoms with Crippen LogP contribution in [0.15, 0.2) is 11.0 Å². The number of phosphoric acid groups is 2. The number of hydrogen-bond acceptors (Lipinski definition) is 25. The van der Waals surface area contributed by atoms with Crippen molar-refractivity contribution in [1.29, 1.82) is 0 Å². The molecule has 7 atom stereocenters. The first-order valence-electron chi connectivity index (χ1n) is 28.3. The number of nitrogens with zero attached hydrogens (tertiary/aromatic N) is 2. The van der Waals surface area contributed by atoms with Crippen molar-refractivity contribution < 1.29 is 119 Å². The number of nitrogens with one attached hydrogen (secondary N) is 4. The summed E-state index contributed by atoms with van der Waals surface area (Å²) >= 11 is 1.89. The number of carbonyl (C=O) groups excluding carboxylic acids is 3. The number of aromatic nitrogens is 2. The second-order valence-corrected chi connectivity index (χ2v) is 22.7. The third-order valence-corrected chi connectivity index (χ3v) is 15.0. The van der Waals surface area contributed by atoms with Crippen LogP contribution in [0.25, 0.3) is 0 Å². The summed E-state index contributed by atoms with van der Waals surface area (Å²) in [5, 5.41) is 22.7. The van der Waals surface area contributed by atoms with Crippen LogP contribution < -0.4 is 32.7 Å². The number of ether oxygens (including phenoxy) is 13. The van der Waals surface area contributed by atoms with Gasteiger partial charge in [-0.2, -0.15) is 16.7 Å². The number of urea groups is 1. The lowest BCUT2D eigenvalue weighted by Gasteiger charge is -2.21. The summed E-state index contributed by atoms with van der Waals surface area (Å²) in [7, 11) is -10.3. The predicted octanol–water partition coefficient (Wildman–Crippen LogP) is -1.85. The highest BCUT2D eigenvalue weighted by atomic mass is 32.2. The van der Waals surface area contributed by atoms with Crippen LogP contribution in [0.1, 0.15) is 50.3 Å². The van der Waals surface area contributed by atoms with E-state index in [2.05, 4.69) is 35.3 Å². The highest BCUT2D eigenvalue weighted by Gasteiger charge is 2.49. The minimum atomic E-state index is -5.25. The van der Waals surface area contributed by atoms with Gasteiger partial charge in [0.05, 0.1) is 177 Å². The Labute approximate surface area is 498 Å². The van der Waals surface area contributed by atoms with Gasteiger partial charge in [-0.3, -0.25) is 23.2 Å². The first-order chi connectivity index (χ1) is 41.0. The highest BCUT2D eigenvalue weighted by Crippen LogP contribution is 2.45. The Morgan fingerprint density at radius 2 is 1.09 bits per heavy atom. The SMILES string of the molecule is Nc1nc(=O)n([C@@H]2O[C@H](COP(=O)(O)O)C(OP(=O)(O)O)[C@@H]2O)cc1CCCNC(=O)CCOCCOCCOCCOCCOCCOCCOCCOCCOCCOCCOCCOCCNC(=O)CCCC[C@@H]1SC[C@@H]2NC(=O)N[C@@H]21. The summed E-state index contributed by atoms with van der Waals surface area (Å²) in [5.74, 6) is 0.541. The van der Waals surface area contributed by atoms with Gasteiger partial charge in [-0.15, -0.1) is 0 Å². The maximum Gasteiger partial charge on any atom is 0.470 e. The van der Waals surface area contributed by atoms with Gasteiger partial charge in [0.15, 0.2) is 6.23 Å². The monoisotopic (exact) mass is 1290 g/mol. The third kappa shape index (κ3) is 34.5. The fourth-order valence-electron chi connectivity index (χ4n) is 8.35. The minimum Gasteiger partial charge on any atom is -0.386 e. The van der Waals surface area contributed by atoms with Gasteiger partial charge >= 0.3 is 27.4 Å². The number of anilines is 1.